The van der Waals surface area contributed by atoms with Gasteiger partial charge in [-0.15, -0.1) is 0 Å². The minimum Gasteiger partial charge on any atom is -0.491 e. The van der Waals surface area contributed by atoms with Crippen LogP contribution in [0.15, 0.2) is 24.3 Å². The standard InChI is InChI=1S/C11H15NO4/c1-12-10(11(14)15)7-16-9-4-2-8(6-13)3-5-9/h2-5,10,12-13H,6-7H2,1H3,(H,14,15). The van der Waals surface area contributed by atoms with Gasteiger partial charge in [0.1, 0.15) is 18.4 Å². The molecule has 1 unspecified atom stereocenters. The van der Waals surface area contributed by atoms with Crippen LogP contribution in [0.5, 0.6) is 5.75 Å². The van der Waals surface area contributed by atoms with Crippen molar-refractivity contribution >= 4 is 5.97 Å². The van der Waals surface area contributed by atoms with E-state index < -0.39 is 12.0 Å². The van der Waals surface area contributed by atoms with E-state index in [1.165, 1.54) is 0 Å². The van der Waals surface area contributed by atoms with Gasteiger partial charge in [-0.2, -0.15) is 0 Å². The molecule has 0 saturated carbocycles. The highest BCUT2D eigenvalue weighted by atomic mass is 16.5. The maximum atomic E-state index is 10.7. The molecule has 88 valence electrons. The van der Waals surface area contributed by atoms with Gasteiger partial charge < -0.3 is 20.3 Å². The van der Waals surface area contributed by atoms with Crippen molar-refractivity contribution in [2.45, 2.75) is 12.6 Å². The fourth-order valence-electron chi connectivity index (χ4n) is 1.15. The summed E-state index contributed by atoms with van der Waals surface area (Å²) in [5, 5.41) is 20.2. The van der Waals surface area contributed by atoms with E-state index in [9.17, 15) is 4.79 Å². The third kappa shape index (κ3) is 3.52. The van der Waals surface area contributed by atoms with Gasteiger partial charge in [0, 0.05) is 0 Å². The van der Waals surface area contributed by atoms with Crippen LogP contribution in [0.2, 0.25) is 0 Å². The lowest BCUT2D eigenvalue weighted by molar-refractivity contribution is -0.140. The molecule has 5 heteroatoms. The van der Waals surface area contributed by atoms with Gasteiger partial charge in [-0.1, -0.05) is 12.1 Å². The first-order valence-electron chi connectivity index (χ1n) is 4.90. The summed E-state index contributed by atoms with van der Waals surface area (Å²) in [6.07, 6.45) is 0. The molecular formula is C11H15NO4. The molecule has 1 atom stereocenters. The summed E-state index contributed by atoms with van der Waals surface area (Å²) in [7, 11) is 1.57. The average molecular weight is 225 g/mol. The second-order valence-electron chi connectivity index (χ2n) is 3.29. The Labute approximate surface area is 93.7 Å². The van der Waals surface area contributed by atoms with Crippen LogP contribution >= 0.6 is 0 Å². The normalized spacial score (nSPS) is 12.1. The Morgan fingerprint density at radius 2 is 2.06 bits per heavy atom. The highest BCUT2D eigenvalue weighted by molar-refractivity contribution is 5.73. The zero-order valence-electron chi connectivity index (χ0n) is 9.01. The Kier molecular flexibility index (Phi) is 4.75. The fourth-order valence-corrected chi connectivity index (χ4v) is 1.15. The molecule has 0 radical (unpaired) electrons. The Morgan fingerprint density at radius 1 is 1.44 bits per heavy atom. The number of nitrogens with one attached hydrogen (secondary N) is 1. The second-order valence-corrected chi connectivity index (χ2v) is 3.29. The van der Waals surface area contributed by atoms with Crippen molar-refractivity contribution in [3.05, 3.63) is 29.8 Å². The lowest BCUT2D eigenvalue weighted by atomic mass is 10.2. The topological polar surface area (TPSA) is 78.8 Å². The molecule has 0 spiro atoms. The monoisotopic (exact) mass is 225 g/mol. The zero-order chi connectivity index (χ0) is 12.0. The van der Waals surface area contributed by atoms with Crippen LogP contribution in [0.4, 0.5) is 0 Å². The van der Waals surface area contributed by atoms with Crippen molar-refractivity contribution in [2.24, 2.45) is 0 Å². The molecule has 0 saturated heterocycles. The van der Waals surface area contributed by atoms with Gasteiger partial charge in [0.05, 0.1) is 6.61 Å². The number of carboxylic acid groups (broad SMARTS) is 1. The molecular weight excluding hydrogens is 210 g/mol. The number of ether oxygens (including phenoxy) is 1. The van der Waals surface area contributed by atoms with E-state index in [2.05, 4.69) is 5.32 Å². The first kappa shape index (κ1) is 12.5. The van der Waals surface area contributed by atoms with Crippen LogP contribution in [0.25, 0.3) is 0 Å². The molecule has 1 aromatic carbocycles. The molecule has 1 aromatic rings. The minimum atomic E-state index is -0.950. The molecule has 0 aliphatic carbocycles. The van der Waals surface area contributed by atoms with E-state index in [0.717, 1.165) is 5.56 Å². The number of carboxylic acids is 1. The zero-order valence-corrected chi connectivity index (χ0v) is 9.01. The molecule has 0 amide bonds. The van der Waals surface area contributed by atoms with E-state index in [0.29, 0.717) is 5.75 Å². The lowest BCUT2D eigenvalue weighted by Crippen LogP contribution is -2.39. The molecule has 3 N–H and O–H groups in total. The maximum absolute atomic E-state index is 10.7. The van der Waals surface area contributed by atoms with Crippen molar-refractivity contribution in [1.82, 2.24) is 5.32 Å². The number of rotatable bonds is 6. The van der Waals surface area contributed by atoms with Gasteiger partial charge in [0.25, 0.3) is 0 Å². The number of aliphatic hydroxyl groups is 1. The summed E-state index contributed by atoms with van der Waals surface area (Å²) in [6.45, 7) is 0.0405. The molecule has 16 heavy (non-hydrogen) atoms. The SMILES string of the molecule is CNC(COc1ccc(CO)cc1)C(=O)O. The smallest absolute Gasteiger partial charge is 0.324 e. The summed E-state index contributed by atoms with van der Waals surface area (Å²) in [4.78, 5) is 10.7. The number of carbonyl (C=O) groups is 1. The Bertz CT molecular complexity index is 336. The quantitative estimate of drug-likeness (QED) is 0.646. The number of likely N-dealkylation sites (N-methyl/N-ethyl adjacent to an activating group) is 1. The van der Waals surface area contributed by atoms with Crippen LogP contribution in [-0.4, -0.2) is 35.9 Å². The Balaban J connectivity index is 2.50. The van der Waals surface area contributed by atoms with Crippen LogP contribution in [0.3, 0.4) is 0 Å². The van der Waals surface area contributed by atoms with Crippen molar-refractivity contribution in [3.63, 3.8) is 0 Å². The third-order valence-corrected chi connectivity index (χ3v) is 2.17. The number of aliphatic carboxylic acids is 1. The van der Waals surface area contributed by atoms with Crippen LogP contribution in [-0.2, 0) is 11.4 Å². The largest absolute Gasteiger partial charge is 0.491 e. The molecule has 0 bridgehead atoms. The van der Waals surface area contributed by atoms with E-state index in [4.69, 9.17) is 14.9 Å². The van der Waals surface area contributed by atoms with Crippen molar-refractivity contribution in [2.75, 3.05) is 13.7 Å². The molecule has 5 nitrogen and oxygen atoms in total. The summed E-state index contributed by atoms with van der Waals surface area (Å²) in [6, 6.07) is 6.12. The van der Waals surface area contributed by atoms with Gasteiger partial charge in [-0.3, -0.25) is 4.79 Å². The van der Waals surface area contributed by atoms with E-state index in [1.807, 2.05) is 0 Å². The molecule has 1 rings (SSSR count). The molecule has 0 fully saturated rings. The minimum absolute atomic E-state index is 0.0193. The van der Waals surface area contributed by atoms with E-state index in [-0.39, 0.29) is 13.2 Å². The number of hydrogen-bond donors (Lipinski definition) is 3. The predicted octanol–water partition coefficient (Wildman–Crippen LogP) is 0.230. The summed E-state index contributed by atoms with van der Waals surface area (Å²) in [5.74, 6) is -0.367. The summed E-state index contributed by atoms with van der Waals surface area (Å²) in [5.41, 5.74) is 0.788. The first-order valence-corrected chi connectivity index (χ1v) is 4.90. The molecule has 0 aliphatic rings. The number of hydrogen-bond acceptors (Lipinski definition) is 4. The molecule has 0 aromatic heterocycles. The fraction of sp³-hybridized carbons (Fsp3) is 0.364. The predicted molar refractivity (Wildman–Crippen MR) is 58.3 cm³/mol. The average Bonchev–Trinajstić information content (AvgIpc) is 2.30. The van der Waals surface area contributed by atoms with Gasteiger partial charge in [-0.05, 0) is 24.7 Å². The van der Waals surface area contributed by atoms with Gasteiger partial charge in [0.2, 0.25) is 0 Å². The summed E-state index contributed by atoms with van der Waals surface area (Å²) >= 11 is 0. The Hall–Kier alpha value is -1.59. The molecule has 0 aliphatic heterocycles. The highest BCUT2D eigenvalue weighted by Gasteiger charge is 2.15. The van der Waals surface area contributed by atoms with Crippen molar-refractivity contribution in [3.8, 4) is 5.75 Å². The maximum Gasteiger partial charge on any atom is 0.324 e. The Morgan fingerprint density at radius 3 is 2.50 bits per heavy atom. The van der Waals surface area contributed by atoms with E-state index in [1.54, 1.807) is 31.3 Å². The van der Waals surface area contributed by atoms with Crippen molar-refractivity contribution in [1.29, 1.82) is 0 Å². The second kappa shape index (κ2) is 6.09. The number of benzene rings is 1. The van der Waals surface area contributed by atoms with E-state index >= 15 is 0 Å². The van der Waals surface area contributed by atoms with Crippen molar-refractivity contribution < 1.29 is 19.7 Å². The van der Waals surface area contributed by atoms with Crippen LogP contribution in [0, 0.1) is 0 Å². The van der Waals surface area contributed by atoms with Gasteiger partial charge in [0.15, 0.2) is 0 Å². The number of aliphatic hydroxyl groups excluding tert-OH is 1. The third-order valence-electron chi connectivity index (χ3n) is 2.17. The first-order chi connectivity index (χ1) is 7.67. The lowest BCUT2D eigenvalue weighted by Gasteiger charge is -2.12. The van der Waals surface area contributed by atoms with Crippen LogP contribution in [0.1, 0.15) is 5.56 Å². The van der Waals surface area contributed by atoms with Gasteiger partial charge in [-0.25, -0.2) is 0 Å². The van der Waals surface area contributed by atoms with Gasteiger partial charge >= 0.3 is 5.97 Å². The van der Waals surface area contributed by atoms with Crippen LogP contribution < -0.4 is 10.1 Å². The molecule has 0 heterocycles. The summed E-state index contributed by atoms with van der Waals surface area (Å²) < 4.78 is 5.29. The highest BCUT2D eigenvalue weighted by Crippen LogP contribution is 2.12.